The highest BCUT2D eigenvalue weighted by Crippen LogP contribution is 2.20. The summed E-state index contributed by atoms with van der Waals surface area (Å²) in [6.45, 7) is 10.9. The fraction of sp³-hybridized carbons (Fsp3) is 0.941. The largest absolute Gasteiger partial charge is 0.325 e. The highest BCUT2D eigenvalue weighted by Gasteiger charge is 2.38. The van der Waals surface area contributed by atoms with E-state index in [0.717, 1.165) is 32.4 Å². The Hall–Kier alpha value is -0.610. The smallest absolute Gasteiger partial charge is 0.241 e. The third kappa shape index (κ3) is 4.68. The van der Waals surface area contributed by atoms with Gasteiger partial charge in [-0.3, -0.25) is 10.1 Å². The van der Waals surface area contributed by atoms with Crippen LogP contribution in [0, 0.1) is 5.92 Å². The van der Waals surface area contributed by atoms with Crippen LogP contribution in [-0.2, 0) is 4.79 Å². The van der Waals surface area contributed by atoms with E-state index >= 15 is 0 Å². The summed E-state index contributed by atoms with van der Waals surface area (Å²) < 4.78 is 0. The maximum Gasteiger partial charge on any atom is 0.241 e. The Balaban J connectivity index is 1.88. The molecule has 4 nitrogen and oxygen atoms in total. The summed E-state index contributed by atoms with van der Waals surface area (Å²) in [6, 6.07) is 0.0444. The van der Waals surface area contributed by atoms with E-state index in [2.05, 4.69) is 35.9 Å². The average molecular weight is 295 g/mol. The Morgan fingerprint density at radius 3 is 2.52 bits per heavy atom. The first kappa shape index (κ1) is 16.8. The first-order valence-corrected chi connectivity index (χ1v) is 8.90. The van der Waals surface area contributed by atoms with Crippen molar-refractivity contribution in [3.8, 4) is 0 Å². The molecule has 0 aromatic rings. The number of nitrogens with zero attached hydrogens (tertiary/aromatic N) is 2. The van der Waals surface area contributed by atoms with Crippen LogP contribution in [0.3, 0.4) is 0 Å². The molecule has 0 aromatic carbocycles. The van der Waals surface area contributed by atoms with E-state index in [9.17, 15) is 4.79 Å². The lowest BCUT2D eigenvalue weighted by atomic mass is 10.0. The van der Waals surface area contributed by atoms with Gasteiger partial charge in [0.25, 0.3) is 0 Å². The van der Waals surface area contributed by atoms with Gasteiger partial charge in [0, 0.05) is 13.1 Å². The molecule has 2 unspecified atom stereocenters. The normalized spacial score (nSPS) is 27.8. The van der Waals surface area contributed by atoms with Crippen LogP contribution >= 0.6 is 0 Å². The fourth-order valence-corrected chi connectivity index (χ4v) is 3.60. The lowest BCUT2D eigenvalue weighted by Crippen LogP contribution is -2.43. The van der Waals surface area contributed by atoms with E-state index in [1.165, 1.54) is 32.4 Å². The van der Waals surface area contributed by atoms with Crippen molar-refractivity contribution in [3.63, 3.8) is 0 Å². The van der Waals surface area contributed by atoms with E-state index in [0.29, 0.717) is 11.8 Å². The molecule has 2 saturated heterocycles. The van der Waals surface area contributed by atoms with Crippen molar-refractivity contribution >= 4 is 5.91 Å². The van der Waals surface area contributed by atoms with Crippen LogP contribution in [0.15, 0.2) is 0 Å². The van der Waals surface area contributed by atoms with Gasteiger partial charge in [-0.25, -0.2) is 0 Å². The van der Waals surface area contributed by atoms with Crippen molar-refractivity contribution in [3.05, 3.63) is 0 Å². The third-order valence-electron chi connectivity index (χ3n) is 4.73. The number of carbonyl (C=O) groups excluding carboxylic acids is 1. The fourth-order valence-electron chi connectivity index (χ4n) is 3.60. The molecule has 2 atom stereocenters. The number of carbonyl (C=O) groups is 1. The molecular weight excluding hydrogens is 262 g/mol. The number of nitrogens with one attached hydrogen (secondary N) is 1. The average Bonchev–Trinajstić information content (AvgIpc) is 2.74. The molecule has 1 amide bonds. The molecule has 4 heteroatoms. The Bertz CT molecular complexity index is 326. The molecule has 2 aliphatic heterocycles. The van der Waals surface area contributed by atoms with Crippen LogP contribution in [0.4, 0.5) is 0 Å². The summed E-state index contributed by atoms with van der Waals surface area (Å²) in [7, 11) is 0. The third-order valence-corrected chi connectivity index (χ3v) is 4.73. The Morgan fingerprint density at radius 2 is 1.90 bits per heavy atom. The van der Waals surface area contributed by atoms with Gasteiger partial charge in [-0.2, -0.15) is 0 Å². The first-order valence-electron chi connectivity index (χ1n) is 8.90. The monoisotopic (exact) mass is 295 g/mol. The van der Waals surface area contributed by atoms with Gasteiger partial charge in [-0.05, 0) is 44.7 Å². The number of rotatable bonds is 7. The molecule has 122 valence electrons. The second-order valence-electron chi connectivity index (χ2n) is 7.09. The van der Waals surface area contributed by atoms with Gasteiger partial charge in [0.2, 0.25) is 5.91 Å². The lowest BCUT2D eigenvalue weighted by Gasteiger charge is -2.30. The second kappa shape index (κ2) is 8.14. The minimum Gasteiger partial charge on any atom is -0.325 e. The SMILES string of the molecule is CCCC1NC(CC(C)C)C(=O)N1CCN1CCCCC1. The van der Waals surface area contributed by atoms with E-state index in [4.69, 9.17) is 0 Å². The maximum absolute atomic E-state index is 12.6. The van der Waals surface area contributed by atoms with Gasteiger partial charge in [0.1, 0.15) is 0 Å². The molecule has 1 N–H and O–H groups in total. The standard InChI is InChI=1S/C17H33N3O/c1-4-8-16-18-15(13-14(2)3)17(21)20(16)12-11-19-9-6-5-7-10-19/h14-16,18H,4-13H2,1-3H3. The molecule has 21 heavy (non-hydrogen) atoms. The van der Waals surface area contributed by atoms with Crippen molar-refractivity contribution in [1.82, 2.24) is 15.1 Å². The zero-order valence-electron chi connectivity index (χ0n) is 14.1. The van der Waals surface area contributed by atoms with Gasteiger partial charge in [0.15, 0.2) is 0 Å². The lowest BCUT2D eigenvalue weighted by molar-refractivity contribution is -0.130. The van der Waals surface area contributed by atoms with Gasteiger partial charge < -0.3 is 9.80 Å². The Morgan fingerprint density at radius 1 is 1.19 bits per heavy atom. The number of piperidine rings is 1. The van der Waals surface area contributed by atoms with E-state index in [-0.39, 0.29) is 12.2 Å². The Labute approximate surface area is 130 Å². The van der Waals surface area contributed by atoms with Crippen molar-refractivity contribution in [2.75, 3.05) is 26.2 Å². The van der Waals surface area contributed by atoms with Gasteiger partial charge >= 0.3 is 0 Å². The maximum atomic E-state index is 12.6. The quantitative estimate of drug-likeness (QED) is 0.783. The summed E-state index contributed by atoms with van der Waals surface area (Å²) in [4.78, 5) is 17.3. The topological polar surface area (TPSA) is 35.6 Å². The number of amides is 1. The van der Waals surface area contributed by atoms with Gasteiger partial charge in [-0.1, -0.05) is 33.6 Å². The van der Waals surface area contributed by atoms with Gasteiger partial charge in [-0.15, -0.1) is 0 Å². The minimum absolute atomic E-state index is 0.0444. The zero-order valence-corrected chi connectivity index (χ0v) is 14.1. The molecule has 0 aromatic heterocycles. The van der Waals surface area contributed by atoms with Crippen LogP contribution < -0.4 is 5.32 Å². The summed E-state index contributed by atoms with van der Waals surface area (Å²) in [6.07, 6.45) is 7.42. The van der Waals surface area contributed by atoms with Crippen molar-refractivity contribution in [1.29, 1.82) is 0 Å². The molecular formula is C17H33N3O. The number of hydrogen-bond acceptors (Lipinski definition) is 3. The second-order valence-corrected chi connectivity index (χ2v) is 7.09. The first-order chi connectivity index (χ1) is 10.1. The molecule has 2 aliphatic rings. The number of likely N-dealkylation sites (tertiary alicyclic amines) is 1. The van der Waals surface area contributed by atoms with Crippen LogP contribution in [0.2, 0.25) is 0 Å². The summed E-state index contributed by atoms with van der Waals surface area (Å²) >= 11 is 0. The minimum atomic E-state index is 0.0444. The molecule has 0 radical (unpaired) electrons. The van der Waals surface area contributed by atoms with E-state index < -0.39 is 0 Å². The Kier molecular flexibility index (Phi) is 6.49. The molecule has 2 heterocycles. The van der Waals surface area contributed by atoms with Crippen molar-refractivity contribution < 1.29 is 4.79 Å². The highest BCUT2D eigenvalue weighted by molar-refractivity contribution is 5.84. The zero-order chi connectivity index (χ0) is 15.2. The predicted octanol–water partition coefficient (Wildman–Crippen LogP) is 2.45. The molecule has 0 bridgehead atoms. The molecule has 0 saturated carbocycles. The predicted molar refractivity (Wildman–Crippen MR) is 87.1 cm³/mol. The van der Waals surface area contributed by atoms with Crippen LogP contribution in [0.1, 0.15) is 59.3 Å². The molecule has 0 spiro atoms. The molecule has 2 fully saturated rings. The van der Waals surface area contributed by atoms with Crippen LogP contribution in [0.25, 0.3) is 0 Å². The van der Waals surface area contributed by atoms with Crippen LogP contribution in [0.5, 0.6) is 0 Å². The van der Waals surface area contributed by atoms with Crippen molar-refractivity contribution in [2.24, 2.45) is 5.92 Å². The van der Waals surface area contributed by atoms with E-state index in [1.54, 1.807) is 0 Å². The molecule has 2 rings (SSSR count). The summed E-state index contributed by atoms with van der Waals surface area (Å²) in [5.74, 6) is 0.898. The summed E-state index contributed by atoms with van der Waals surface area (Å²) in [5, 5.41) is 3.57. The van der Waals surface area contributed by atoms with Crippen LogP contribution in [-0.4, -0.2) is 54.1 Å². The molecule has 0 aliphatic carbocycles. The van der Waals surface area contributed by atoms with E-state index in [1.807, 2.05) is 0 Å². The van der Waals surface area contributed by atoms with Gasteiger partial charge in [0.05, 0.1) is 12.2 Å². The van der Waals surface area contributed by atoms with Crippen molar-refractivity contribution in [2.45, 2.75) is 71.5 Å². The summed E-state index contributed by atoms with van der Waals surface area (Å²) in [5.41, 5.74) is 0. The highest BCUT2D eigenvalue weighted by atomic mass is 16.2. The number of hydrogen-bond donors (Lipinski definition) is 1.